The number of benzene rings is 2. The van der Waals surface area contributed by atoms with E-state index in [1.807, 2.05) is 6.07 Å². The number of hydrogen-bond donors (Lipinski definition) is 1. The third-order valence-corrected chi connectivity index (χ3v) is 6.59. The number of rotatable bonds is 6. The van der Waals surface area contributed by atoms with E-state index < -0.39 is 29.5 Å². The molecule has 5 rings (SSSR count). The van der Waals surface area contributed by atoms with Crippen LogP contribution in [0.5, 0.6) is 5.75 Å². The monoisotopic (exact) mass is 485 g/mol. The highest BCUT2D eigenvalue weighted by atomic mass is 19.1. The summed E-state index contributed by atoms with van der Waals surface area (Å²) in [5.41, 5.74) is 1.68. The molecular weight excluding hydrogens is 460 g/mol. The second-order valence-electron chi connectivity index (χ2n) is 8.93. The normalized spacial score (nSPS) is 20.7. The summed E-state index contributed by atoms with van der Waals surface area (Å²) in [4.78, 5) is 40.2. The number of piperidine rings is 1. The van der Waals surface area contributed by atoms with E-state index in [0.29, 0.717) is 30.9 Å². The molecule has 3 aliphatic heterocycles. The van der Waals surface area contributed by atoms with Crippen LogP contribution in [-0.2, 0) is 34.0 Å². The Morgan fingerprint density at radius 2 is 1.89 bits per heavy atom. The van der Waals surface area contributed by atoms with Gasteiger partial charge in [0.05, 0.1) is 25.3 Å². The second-order valence-corrected chi connectivity index (χ2v) is 8.93. The number of nitrogens with zero attached hydrogens (tertiary/aromatic N) is 2. The quantitative estimate of drug-likeness (QED) is 0.631. The Hall–Kier alpha value is -3.37. The molecule has 1 unspecified atom stereocenters. The summed E-state index contributed by atoms with van der Waals surface area (Å²) in [5.74, 6) is -2.41. The molecule has 0 saturated carbocycles. The minimum Gasteiger partial charge on any atom is -0.488 e. The van der Waals surface area contributed by atoms with Crippen LogP contribution in [0.3, 0.4) is 0 Å². The Morgan fingerprint density at radius 1 is 1.09 bits per heavy atom. The van der Waals surface area contributed by atoms with Crippen LogP contribution in [0, 0.1) is 11.6 Å². The number of carbonyl (C=O) groups is 3. The smallest absolute Gasteiger partial charge is 0.255 e. The van der Waals surface area contributed by atoms with E-state index in [-0.39, 0.29) is 43.2 Å². The Labute approximate surface area is 200 Å². The molecule has 2 aromatic carbocycles. The zero-order valence-electron chi connectivity index (χ0n) is 19.0. The largest absolute Gasteiger partial charge is 0.488 e. The SMILES string of the molecule is O=C1CCC(N2Cc3c(OCc4ccc(CN5CCOCC5)cc4F)cc(F)cc3C2=O)C(=O)N1. The summed E-state index contributed by atoms with van der Waals surface area (Å²) in [6.07, 6.45) is 0.320. The van der Waals surface area contributed by atoms with E-state index in [1.54, 1.807) is 6.07 Å². The van der Waals surface area contributed by atoms with Crippen molar-refractivity contribution in [3.05, 3.63) is 64.2 Å². The van der Waals surface area contributed by atoms with Crippen molar-refractivity contribution in [2.24, 2.45) is 0 Å². The number of hydrogen-bond acceptors (Lipinski definition) is 6. The summed E-state index contributed by atoms with van der Waals surface area (Å²) in [6.45, 7) is 3.43. The molecule has 1 atom stereocenters. The fraction of sp³-hybridized carbons (Fsp3) is 0.400. The van der Waals surface area contributed by atoms with Crippen LogP contribution >= 0.6 is 0 Å². The van der Waals surface area contributed by atoms with Crippen LogP contribution in [0.1, 0.15) is 39.9 Å². The molecule has 184 valence electrons. The maximum atomic E-state index is 14.8. The number of amides is 3. The van der Waals surface area contributed by atoms with Crippen LogP contribution in [0.15, 0.2) is 30.3 Å². The molecule has 2 saturated heterocycles. The van der Waals surface area contributed by atoms with Gasteiger partial charge in [0.1, 0.15) is 30.0 Å². The van der Waals surface area contributed by atoms with Gasteiger partial charge in [-0.25, -0.2) is 8.78 Å². The summed E-state index contributed by atoms with van der Waals surface area (Å²) >= 11 is 0. The second kappa shape index (κ2) is 9.71. The standard InChI is InChI=1S/C25H25F2N3O5/c26-17-10-18-19(13-30(25(18)33)21-3-4-23(31)28-24(21)32)22(11-17)35-14-16-2-1-15(9-20(16)27)12-29-5-7-34-8-6-29/h1-2,9-11,21H,3-8,12-14H2,(H,28,31,32). The zero-order valence-corrected chi connectivity index (χ0v) is 19.0. The van der Waals surface area contributed by atoms with Crippen molar-refractivity contribution >= 4 is 17.7 Å². The number of fused-ring (bicyclic) bond motifs is 1. The number of morpholine rings is 1. The number of carbonyl (C=O) groups excluding carboxylic acids is 3. The molecule has 0 bridgehead atoms. The summed E-state index contributed by atoms with van der Waals surface area (Å²) in [5, 5.41) is 2.23. The lowest BCUT2D eigenvalue weighted by molar-refractivity contribution is -0.136. The summed E-state index contributed by atoms with van der Waals surface area (Å²) in [7, 11) is 0. The first kappa shape index (κ1) is 23.4. The molecule has 0 aliphatic carbocycles. The highest BCUT2D eigenvalue weighted by molar-refractivity contribution is 6.05. The fourth-order valence-electron chi connectivity index (χ4n) is 4.70. The van der Waals surface area contributed by atoms with Gasteiger partial charge in [-0.2, -0.15) is 0 Å². The fourth-order valence-corrected chi connectivity index (χ4v) is 4.70. The van der Waals surface area contributed by atoms with Crippen molar-refractivity contribution in [2.45, 2.75) is 38.6 Å². The van der Waals surface area contributed by atoms with E-state index in [1.165, 1.54) is 11.0 Å². The maximum Gasteiger partial charge on any atom is 0.255 e. The van der Waals surface area contributed by atoms with Crippen molar-refractivity contribution in [3.8, 4) is 5.75 Å². The van der Waals surface area contributed by atoms with Gasteiger partial charge in [0.25, 0.3) is 5.91 Å². The molecule has 3 amide bonds. The average molecular weight is 485 g/mol. The molecule has 2 aromatic rings. The molecule has 1 N–H and O–H groups in total. The van der Waals surface area contributed by atoms with Gasteiger partial charge in [0.2, 0.25) is 11.8 Å². The number of nitrogens with one attached hydrogen (secondary N) is 1. The molecule has 0 radical (unpaired) electrons. The molecule has 3 aliphatic rings. The third-order valence-electron chi connectivity index (χ3n) is 6.59. The van der Waals surface area contributed by atoms with E-state index in [4.69, 9.17) is 9.47 Å². The van der Waals surface area contributed by atoms with Crippen molar-refractivity contribution in [1.29, 1.82) is 0 Å². The number of halogens is 2. The van der Waals surface area contributed by atoms with Gasteiger partial charge >= 0.3 is 0 Å². The lowest BCUT2D eigenvalue weighted by Gasteiger charge is -2.29. The molecule has 35 heavy (non-hydrogen) atoms. The first-order valence-electron chi connectivity index (χ1n) is 11.6. The van der Waals surface area contributed by atoms with Crippen molar-refractivity contribution in [3.63, 3.8) is 0 Å². The lowest BCUT2D eigenvalue weighted by Crippen LogP contribution is -2.52. The maximum absolute atomic E-state index is 14.8. The predicted octanol–water partition coefficient (Wildman–Crippen LogP) is 2.14. The topological polar surface area (TPSA) is 88.2 Å². The van der Waals surface area contributed by atoms with Gasteiger partial charge in [-0.3, -0.25) is 24.6 Å². The Bertz CT molecular complexity index is 1180. The summed E-state index contributed by atoms with van der Waals surface area (Å²) < 4.78 is 40.2. The lowest BCUT2D eigenvalue weighted by atomic mass is 10.0. The molecule has 2 fully saturated rings. The molecule has 10 heteroatoms. The van der Waals surface area contributed by atoms with Crippen molar-refractivity contribution in [1.82, 2.24) is 15.1 Å². The zero-order chi connectivity index (χ0) is 24.5. The van der Waals surface area contributed by atoms with Gasteiger partial charge in [-0.05, 0) is 24.1 Å². The van der Waals surface area contributed by atoms with Crippen molar-refractivity contribution < 1.29 is 32.6 Å². The number of ether oxygens (including phenoxy) is 2. The first-order chi connectivity index (χ1) is 16.9. The first-order valence-corrected chi connectivity index (χ1v) is 11.6. The van der Waals surface area contributed by atoms with E-state index >= 15 is 0 Å². The van der Waals surface area contributed by atoms with E-state index in [2.05, 4.69) is 10.2 Å². The predicted molar refractivity (Wildman–Crippen MR) is 119 cm³/mol. The molecule has 8 nitrogen and oxygen atoms in total. The Balaban J connectivity index is 1.29. The summed E-state index contributed by atoms with van der Waals surface area (Å²) in [6, 6.07) is 6.40. The van der Waals surface area contributed by atoms with Crippen LogP contribution < -0.4 is 10.1 Å². The minimum atomic E-state index is -0.819. The molecule has 3 heterocycles. The van der Waals surface area contributed by atoms with Crippen molar-refractivity contribution in [2.75, 3.05) is 26.3 Å². The minimum absolute atomic E-state index is 0.0387. The van der Waals surface area contributed by atoms with E-state index in [9.17, 15) is 23.2 Å². The van der Waals surface area contributed by atoms with Gasteiger partial charge in [-0.15, -0.1) is 0 Å². The van der Waals surface area contributed by atoms with Crippen LogP contribution in [0.25, 0.3) is 0 Å². The molecule has 0 spiro atoms. The molecule has 0 aromatic heterocycles. The highest BCUT2D eigenvalue weighted by Crippen LogP contribution is 2.35. The van der Waals surface area contributed by atoms with Gasteiger partial charge in [-0.1, -0.05) is 12.1 Å². The van der Waals surface area contributed by atoms with Gasteiger partial charge in [0.15, 0.2) is 0 Å². The third kappa shape index (κ3) is 4.89. The van der Waals surface area contributed by atoms with Gasteiger partial charge < -0.3 is 14.4 Å². The molecular formula is C25H25F2N3O5. The number of imide groups is 1. The average Bonchev–Trinajstić information content (AvgIpc) is 3.15. The van der Waals surface area contributed by atoms with Gasteiger partial charge in [0, 0.05) is 43.2 Å². The van der Waals surface area contributed by atoms with E-state index in [0.717, 1.165) is 30.8 Å². The Kier molecular flexibility index (Phi) is 6.48. The van der Waals surface area contributed by atoms with Crippen LogP contribution in [0.4, 0.5) is 8.78 Å². The van der Waals surface area contributed by atoms with Crippen LogP contribution in [0.2, 0.25) is 0 Å². The highest BCUT2D eigenvalue weighted by Gasteiger charge is 2.40. The Morgan fingerprint density at radius 3 is 2.63 bits per heavy atom. The van der Waals surface area contributed by atoms with Crippen LogP contribution in [-0.4, -0.2) is 59.9 Å².